The van der Waals surface area contributed by atoms with Crippen molar-refractivity contribution in [3.8, 4) is 5.75 Å². The second-order valence-corrected chi connectivity index (χ2v) is 9.50. The number of hydrogen-bond acceptors (Lipinski definition) is 8. The van der Waals surface area contributed by atoms with Crippen LogP contribution in [-0.4, -0.2) is 54.1 Å². The first-order chi connectivity index (χ1) is 17.2. The number of amides is 2. The number of hydrogen-bond donors (Lipinski definition) is 3. The van der Waals surface area contributed by atoms with E-state index in [-0.39, 0.29) is 17.9 Å². The number of carbonyl (C=O) groups excluding carboxylic acids is 2. The number of aromatic nitrogens is 2. The van der Waals surface area contributed by atoms with Crippen LogP contribution in [0.4, 0.5) is 16.5 Å². The maximum atomic E-state index is 13.4. The molecule has 3 aromatic rings. The summed E-state index contributed by atoms with van der Waals surface area (Å²) >= 11 is 1.32. The first kappa shape index (κ1) is 23.3. The average molecular weight is 493 g/mol. The van der Waals surface area contributed by atoms with Gasteiger partial charge >= 0.3 is 0 Å². The van der Waals surface area contributed by atoms with E-state index in [1.165, 1.54) is 36.6 Å². The van der Waals surface area contributed by atoms with E-state index in [0.717, 1.165) is 44.7 Å². The average Bonchev–Trinajstić information content (AvgIpc) is 3.60. The predicted molar refractivity (Wildman–Crippen MR) is 137 cm³/mol. The Morgan fingerprint density at radius 2 is 1.83 bits per heavy atom. The molecule has 2 amide bonds. The molecule has 9 nitrogen and oxygen atoms in total. The van der Waals surface area contributed by atoms with Crippen molar-refractivity contribution >= 4 is 39.7 Å². The van der Waals surface area contributed by atoms with E-state index in [1.54, 1.807) is 17.6 Å². The number of nitrogens with one attached hydrogen (secondary N) is 3. The fourth-order valence-corrected chi connectivity index (χ4v) is 4.92. The topological polar surface area (TPSA) is 108 Å². The van der Waals surface area contributed by atoms with E-state index in [0.29, 0.717) is 27.7 Å². The van der Waals surface area contributed by atoms with Gasteiger partial charge in [0.1, 0.15) is 11.9 Å². The first-order valence-electron chi connectivity index (χ1n) is 11.9. The SMILES string of the molecule is O=C(Nc1nccs1)c1ccncc1NC(=O)c1ccc(N2CCCC2)cc1OC1CCNCC1. The lowest BCUT2D eigenvalue weighted by molar-refractivity contribution is 0.101. The highest BCUT2D eigenvalue weighted by molar-refractivity contribution is 7.13. The van der Waals surface area contributed by atoms with Crippen molar-refractivity contribution in [1.82, 2.24) is 15.3 Å². The van der Waals surface area contributed by atoms with Gasteiger partial charge in [-0.25, -0.2) is 4.98 Å². The van der Waals surface area contributed by atoms with Crippen LogP contribution in [0.15, 0.2) is 48.2 Å². The Labute approximate surface area is 207 Å². The van der Waals surface area contributed by atoms with E-state index >= 15 is 0 Å². The minimum atomic E-state index is -0.367. The fourth-order valence-electron chi connectivity index (χ4n) is 4.39. The van der Waals surface area contributed by atoms with Crippen LogP contribution in [0.25, 0.3) is 0 Å². The van der Waals surface area contributed by atoms with Gasteiger partial charge in [-0.1, -0.05) is 0 Å². The standard InChI is InChI=1S/C25H28N6O3S/c32-23(30-25-28-11-14-35-25)19-7-10-27-16-21(19)29-24(33)20-4-3-17(31-12-1-2-13-31)15-22(20)34-18-5-8-26-9-6-18/h3-4,7,10-11,14-16,18,26H,1-2,5-6,8-9,12-13H2,(H,29,33)(H,28,30,32). The van der Waals surface area contributed by atoms with Gasteiger partial charge in [0.25, 0.3) is 11.8 Å². The quantitative estimate of drug-likeness (QED) is 0.461. The van der Waals surface area contributed by atoms with Crippen LogP contribution >= 0.6 is 11.3 Å². The molecule has 2 saturated heterocycles. The van der Waals surface area contributed by atoms with Gasteiger partial charge in [0.05, 0.1) is 23.0 Å². The van der Waals surface area contributed by atoms with Crippen LogP contribution in [0.5, 0.6) is 5.75 Å². The van der Waals surface area contributed by atoms with Gasteiger partial charge < -0.3 is 20.3 Å². The van der Waals surface area contributed by atoms with Crippen LogP contribution in [0.1, 0.15) is 46.4 Å². The van der Waals surface area contributed by atoms with Crippen LogP contribution in [0.3, 0.4) is 0 Å². The van der Waals surface area contributed by atoms with Crippen molar-refractivity contribution < 1.29 is 14.3 Å². The van der Waals surface area contributed by atoms with E-state index in [4.69, 9.17) is 4.74 Å². The van der Waals surface area contributed by atoms with Crippen molar-refractivity contribution in [2.45, 2.75) is 31.8 Å². The van der Waals surface area contributed by atoms with Gasteiger partial charge in [0, 0.05) is 42.6 Å². The summed E-state index contributed by atoms with van der Waals surface area (Å²) < 4.78 is 6.36. The monoisotopic (exact) mass is 492 g/mol. The molecule has 2 aromatic heterocycles. The summed E-state index contributed by atoms with van der Waals surface area (Å²) in [6.45, 7) is 3.80. The van der Waals surface area contributed by atoms with Crippen LogP contribution in [0, 0.1) is 0 Å². The Hall–Kier alpha value is -3.50. The fraction of sp³-hybridized carbons (Fsp3) is 0.360. The molecule has 0 bridgehead atoms. The molecule has 2 fully saturated rings. The third-order valence-corrected chi connectivity index (χ3v) is 6.92. The Kier molecular flexibility index (Phi) is 7.20. The highest BCUT2D eigenvalue weighted by Crippen LogP contribution is 2.31. The Morgan fingerprint density at radius 1 is 1.03 bits per heavy atom. The highest BCUT2D eigenvalue weighted by Gasteiger charge is 2.23. The second kappa shape index (κ2) is 10.8. The largest absolute Gasteiger partial charge is 0.489 e. The van der Waals surface area contributed by atoms with E-state index < -0.39 is 0 Å². The molecule has 10 heteroatoms. The number of piperidine rings is 1. The molecule has 0 radical (unpaired) electrons. The third-order valence-electron chi connectivity index (χ3n) is 6.23. The van der Waals surface area contributed by atoms with E-state index in [2.05, 4.69) is 30.8 Å². The van der Waals surface area contributed by atoms with Gasteiger partial charge in [0.15, 0.2) is 5.13 Å². The summed E-state index contributed by atoms with van der Waals surface area (Å²) in [5.41, 5.74) is 2.12. The molecule has 3 N–H and O–H groups in total. The van der Waals surface area contributed by atoms with Gasteiger partial charge in [-0.15, -0.1) is 11.3 Å². The third kappa shape index (κ3) is 5.60. The molecule has 0 unspecified atom stereocenters. The lowest BCUT2D eigenvalue weighted by atomic mass is 10.1. The maximum Gasteiger partial charge on any atom is 0.259 e. The Balaban J connectivity index is 1.39. The van der Waals surface area contributed by atoms with Gasteiger partial charge in [-0.05, 0) is 57.0 Å². The summed E-state index contributed by atoms with van der Waals surface area (Å²) in [6.07, 6.45) is 8.76. The number of pyridine rings is 1. The maximum absolute atomic E-state index is 13.4. The lowest BCUT2D eigenvalue weighted by Crippen LogP contribution is -2.34. The first-order valence-corrected chi connectivity index (χ1v) is 12.8. The smallest absolute Gasteiger partial charge is 0.259 e. The Morgan fingerprint density at radius 3 is 2.60 bits per heavy atom. The molecule has 1 aromatic carbocycles. The number of anilines is 3. The summed E-state index contributed by atoms with van der Waals surface area (Å²) in [5, 5.41) is 11.2. The molecule has 4 heterocycles. The van der Waals surface area contributed by atoms with E-state index in [1.807, 2.05) is 18.2 Å². The van der Waals surface area contributed by atoms with Gasteiger partial charge in [-0.3, -0.25) is 19.9 Å². The lowest BCUT2D eigenvalue weighted by Gasteiger charge is -2.26. The molecule has 0 spiro atoms. The molecule has 0 atom stereocenters. The summed E-state index contributed by atoms with van der Waals surface area (Å²) in [5.74, 6) is -0.150. The molecule has 182 valence electrons. The number of thiazole rings is 1. The minimum Gasteiger partial charge on any atom is -0.489 e. The van der Waals surface area contributed by atoms with Crippen molar-refractivity contribution in [3.05, 3.63) is 59.4 Å². The molecular formula is C25H28N6O3S. The molecule has 5 rings (SSSR count). The Bertz CT molecular complexity index is 1170. The summed E-state index contributed by atoms with van der Waals surface area (Å²) in [6, 6.07) is 7.32. The number of rotatable bonds is 7. The molecule has 2 aliphatic rings. The van der Waals surface area contributed by atoms with Crippen LogP contribution in [-0.2, 0) is 0 Å². The number of nitrogens with zero attached hydrogens (tertiary/aromatic N) is 3. The zero-order chi connectivity index (χ0) is 24.0. The molecular weight excluding hydrogens is 464 g/mol. The molecule has 0 aliphatic carbocycles. The van der Waals surface area contributed by atoms with Crippen molar-refractivity contribution in [2.24, 2.45) is 0 Å². The highest BCUT2D eigenvalue weighted by atomic mass is 32.1. The number of carbonyl (C=O) groups is 2. The minimum absolute atomic E-state index is 0.0506. The molecule has 35 heavy (non-hydrogen) atoms. The predicted octanol–water partition coefficient (Wildman–Crippen LogP) is 3.77. The zero-order valence-electron chi connectivity index (χ0n) is 19.3. The van der Waals surface area contributed by atoms with Crippen molar-refractivity contribution in [1.29, 1.82) is 0 Å². The van der Waals surface area contributed by atoms with Gasteiger partial charge in [-0.2, -0.15) is 0 Å². The molecule has 0 saturated carbocycles. The summed E-state index contributed by atoms with van der Waals surface area (Å²) in [4.78, 5) is 36.7. The molecule has 2 aliphatic heterocycles. The van der Waals surface area contributed by atoms with Crippen molar-refractivity contribution in [2.75, 3.05) is 41.7 Å². The number of ether oxygens (including phenoxy) is 1. The zero-order valence-corrected chi connectivity index (χ0v) is 20.1. The van der Waals surface area contributed by atoms with Gasteiger partial charge in [0.2, 0.25) is 0 Å². The van der Waals surface area contributed by atoms with Crippen LogP contribution in [0.2, 0.25) is 0 Å². The summed E-state index contributed by atoms with van der Waals surface area (Å²) in [7, 11) is 0. The van der Waals surface area contributed by atoms with Crippen LogP contribution < -0.4 is 25.6 Å². The second-order valence-electron chi connectivity index (χ2n) is 8.61. The number of benzene rings is 1. The normalized spacial score (nSPS) is 16.2. The van der Waals surface area contributed by atoms with Crippen molar-refractivity contribution in [3.63, 3.8) is 0 Å². The van der Waals surface area contributed by atoms with E-state index in [9.17, 15) is 9.59 Å².